The second-order valence-corrected chi connectivity index (χ2v) is 7.02. The maximum absolute atomic E-state index is 13.1. The number of fused-ring (bicyclic) bond motifs is 1. The van der Waals surface area contributed by atoms with Gasteiger partial charge in [-0.2, -0.15) is 0 Å². The maximum Gasteiger partial charge on any atom is 0.256 e. The molecule has 2 heterocycles. The third-order valence-corrected chi connectivity index (χ3v) is 5.27. The van der Waals surface area contributed by atoms with Gasteiger partial charge in [-0.25, -0.2) is 4.98 Å². The number of amides is 1. The summed E-state index contributed by atoms with van der Waals surface area (Å²) in [4.78, 5) is 18.8. The fraction of sp³-hybridized carbons (Fsp3) is 0.0909. The van der Waals surface area contributed by atoms with Gasteiger partial charge in [0, 0.05) is 17.1 Å². The average molecular weight is 390 g/mol. The van der Waals surface area contributed by atoms with Crippen LogP contribution in [-0.4, -0.2) is 25.1 Å². The number of para-hydroxylation sites is 1. The lowest BCUT2D eigenvalue weighted by atomic mass is 10.1. The molecule has 0 saturated carbocycles. The number of methoxy groups -OCH3 is 2. The molecule has 0 aliphatic carbocycles. The van der Waals surface area contributed by atoms with Crippen molar-refractivity contribution >= 4 is 33.8 Å². The van der Waals surface area contributed by atoms with Crippen LogP contribution < -0.4 is 14.8 Å². The van der Waals surface area contributed by atoms with Crippen molar-refractivity contribution in [3.8, 4) is 22.1 Å². The summed E-state index contributed by atoms with van der Waals surface area (Å²) in [6.07, 6.45) is 0. The number of anilines is 1. The minimum absolute atomic E-state index is 0.205. The maximum atomic E-state index is 13.1. The van der Waals surface area contributed by atoms with Gasteiger partial charge in [-0.05, 0) is 35.7 Å². The number of hydrogen-bond acceptors (Lipinski definition) is 5. The first-order valence-electron chi connectivity index (χ1n) is 8.66. The lowest BCUT2D eigenvalue weighted by Crippen LogP contribution is -2.13. The molecule has 0 fully saturated rings. The first-order valence-corrected chi connectivity index (χ1v) is 9.54. The molecule has 0 radical (unpaired) electrons. The van der Waals surface area contributed by atoms with Crippen LogP contribution >= 0.6 is 11.3 Å². The van der Waals surface area contributed by atoms with Gasteiger partial charge in [0.15, 0.2) is 11.5 Å². The number of thiophene rings is 1. The van der Waals surface area contributed by atoms with Crippen molar-refractivity contribution in [1.29, 1.82) is 0 Å². The number of pyridine rings is 1. The Bertz CT molecular complexity index is 1140. The van der Waals surface area contributed by atoms with Crippen molar-refractivity contribution in [3.63, 3.8) is 0 Å². The summed E-state index contributed by atoms with van der Waals surface area (Å²) in [5, 5.41) is 5.75. The van der Waals surface area contributed by atoms with E-state index in [1.807, 2.05) is 47.8 Å². The second-order valence-electron chi connectivity index (χ2n) is 6.07. The molecule has 2 aromatic carbocycles. The quantitative estimate of drug-likeness (QED) is 0.507. The van der Waals surface area contributed by atoms with Crippen molar-refractivity contribution in [1.82, 2.24) is 4.98 Å². The molecule has 1 amide bonds. The molecular formula is C22H18N2O3S. The monoisotopic (exact) mass is 390 g/mol. The van der Waals surface area contributed by atoms with Crippen molar-refractivity contribution in [2.45, 2.75) is 0 Å². The Kier molecular flexibility index (Phi) is 4.95. The molecule has 0 aliphatic rings. The Morgan fingerprint density at radius 2 is 1.79 bits per heavy atom. The predicted octanol–water partition coefficient (Wildman–Crippen LogP) is 5.23. The number of ether oxygens (including phenoxy) is 2. The molecule has 140 valence electrons. The van der Waals surface area contributed by atoms with E-state index >= 15 is 0 Å². The van der Waals surface area contributed by atoms with Gasteiger partial charge < -0.3 is 14.8 Å². The fourth-order valence-corrected chi connectivity index (χ4v) is 3.71. The third-order valence-electron chi connectivity index (χ3n) is 4.38. The Morgan fingerprint density at radius 1 is 0.964 bits per heavy atom. The summed E-state index contributed by atoms with van der Waals surface area (Å²) in [7, 11) is 3.14. The molecule has 6 heteroatoms. The first-order chi connectivity index (χ1) is 13.7. The van der Waals surface area contributed by atoms with Gasteiger partial charge in [-0.3, -0.25) is 4.79 Å². The molecule has 2 aromatic heterocycles. The summed E-state index contributed by atoms with van der Waals surface area (Å²) in [5.74, 6) is 0.956. The van der Waals surface area contributed by atoms with Crippen LogP contribution in [0, 0.1) is 0 Å². The van der Waals surface area contributed by atoms with Gasteiger partial charge in [-0.15, -0.1) is 11.3 Å². The number of nitrogens with zero attached hydrogens (tertiary/aromatic N) is 1. The van der Waals surface area contributed by atoms with Crippen LogP contribution in [0.3, 0.4) is 0 Å². The van der Waals surface area contributed by atoms with Crippen LogP contribution in [0.2, 0.25) is 0 Å². The lowest BCUT2D eigenvalue weighted by molar-refractivity contribution is 0.102. The number of nitrogens with one attached hydrogen (secondary N) is 1. The molecule has 0 bridgehead atoms. The molecule has 28 heavy (non-hydrogen) atoms. The smallest absolute Gasteiger partial charge is 0.256 e. The van der Waals surface area contributed by atoms with E-state index in [0.29, 0.717) is 22.7 Å². The molecular weight excluding hydrogens is 372 g/mol. The Hall–Kier alpha value is -3.38. The highest BCUT2D eigenvalue weighted by Gasteiger charge is 2.15. The van der Waals surface area contributed by atoms with Crippen molar-refractivity contribution in [2.24, 2.45) is 0 Å². The molecule has 0 atom stereocenters. The summed E-state index contributed by atoms with van der Waals surface area (Å²) < 4.78 is 10.6. The highest BCUT2D eigenvalue weighted by molar-refractivity contribution is 7.13. The predicted molar refractivity (Wildman–Crippen MR) is 113 cm³/mol. The minimum Gasteiger partial charge on any atom is -0.493 e. The van der Waals surface area contributed by atoms with Gasteiger partial charge in [0.2, 0.25) is 0 Å². The third kappa shape index (κ3) is 3.42. The standard InChI is InChI=1S/C22H18N2O3S/c1-26-19-10-9-14(12-20(19)27-2)23-22(25)16-13-18(21-8-5-11-28-21)24-17-7-4-3-6-15(16)17/h3-13H,1-2H3,(H,23,25). The molecule has 0 spiro atoms. The van der Waals surface area contributed by atoms with Gasteiger partial charge in [0.1, 0.15) is 0 Å². The van der Waals surface area contributed by atoms with E-state index in [1.54, 1.807) is 43.8 Å². The number of benzene rings is 2. The average Bonchev–Trinajstić information content (AvgIpc) is 3.27. The topological polar surface area (TPSA) is 60.5 Å². The highest BCUT2D eigenvalue weighted by atomic mass is 32.1. The van der Waals surface area contributed by atoms with E-state index in [2.05, 4.69) is 5.32 Å². The van der Waals surface area contributed by atoms with Crippen LogP contribution in [0.25, 0.3) is 21.5 Å². The van der Waals surface area contributed by atoms with Gasteiger partial charge in [-0.1, -0.05) is 24.3 Å². The van der Waals surface area contributed by atoms with Crippen LogP contribution in [0.1, 0.15) is 10.4 Å². The second kappa shape index (κ2) is 7.70. The zero-order valence-electron chi connectivity index (χ0n) is 15.4. The molecule has 4 rings (SSSR count). The molecule has 0 aliphatic heterocycles. The molecule has 4 aromatic rings. The van der Waals surface area contributed by atoms with Gasteiger partial charge >= 0.3 is 0 Å². The van der Waals surface area contributed by atoms with E-state index in [4.69, 9.17) is 14.5 Å². The molecule has 5 nitrogen and oxygen atoms in total. The first kappa shape index (κ1) is 18.0. The minimum atomic E-state index is -0.205. The van der Waals surface area contributed by atoms with E-state index in [0.717, 1.165) is 21.5 Å². The zero-order chi connectivity index (χ0) is 19.5. The van der Waals surface area contributed by atoms with Crippen LogP contribution in [0.4, 0.5) is 5.69 Å². The van der Waals surface area contributed by atoms with Crippen LogP contribution in [0.15, 0.2) is 66.0 Å². The summed E-state index contributed by atoms with van der Waals surface area (Å²) >= 11 is 1.59. The number of carbonyl (C=O) groups is 1. The van der Waals surface area contributed by atoms with Crippen LogP contribution in [-0.2, 0) is 0 Å². The van der Waals surface area contributed by atoms with Crippen molar-refractivity contribution in [3.05, 3.63) is 71.6 Å². The van der Waals surface area contributed by atoms with Crippen molar-refractivity contribution in [2.75, 3.05) is 19.5 Å². The van der Waals surface area contributed by atoms with Gasteiger partial charge in [0.05, 0.1) is 35.9 Å². The molecule has 1 N–H and O–H groups in total. The number of rotatable bonds is 5. The van der Waals surface area contributed by atoms with Crippen molar-refractivity contribution < 1.29 is 14.3 Å². The fourth-order valence-electron chi connectivity index (χ4n) is 3.03. The Labute approximate surface area is 166 Å². The Morgan fingerprint density at radius 3 is 2.54 bits per heavy atom. The number of carbonyl (C=O) groups excluding carboxylic acids is 1. The number of aromatic nitrogens is 1. The van der Waals surface area contributed by atoms with E-state index in [1.165, 1.54) is 0 Å². The van der Waals surface area contributed by atoms with Crippen LogP contribution in [0.5, 0.6) is 11.5 Å². The SMILES string of the molecule is COc1ccc(NC(=O)c2cc(-c3cccs3)nc3ccccc23)cc1OC. The summed E-state index contributed by atoms with van der Waals surface area (Å²) in [5.41, 5.74) is 2.77. The Balaban J connectivity index is 1.75. The molecule has 0 unspecified atom stereocenters. The highest BCUT2D eigenvalue weighted by Crippen LogP contribution is 2.31. The number of hydrogen-bond donors (Lipinski definition) is 1. The lowest BCUT2D eigenvalue weighted by Gasteiger charge is -2.12. The summed E-state index contributed by atoms with van der Waals surface area (Å²) in [6.45, 7) is 0. The largest absolute Gasteiger partial charge is 0.493 e. The van der Waals surface area contributed by atoms with E-state index < -0.39 is 0 Å². The zero-order valence-corrected chi connectivity index (χ0v) is 16.2. The van der Waals surface area contributed by atoms with E-state index in [9.17, 15) is 4.79 Å². The molecule has 0 saturated heterocycles. The van der Waals surface area contributed by atoms with E-state index in [-0.39, 0.29) is 5.91 Å². The van der Waals surface area contributed by atoms with Gasteiger partial charge in [0.25, 0.3) is 5.91 Å². The normalized spacial score (nSPS) is 10.6. The summed E-state index contributed by atoms with van der Waals surface area (Å²) in [6, 6.07) is 18.7.